The number of thioether (sulfide) groups is 1. The van der Waals surface area contributed by atoms with E-state index >= 15 is 0 Å². The predicted molar refractivity (Wildman–Crippen MR) is 104 cm³/mol. The van der Waals surface area contributed by atoms with E-state index in [-0.39, 0.29) is 16.4 Å². The number of thiophene rings is 1. The van der Waals surface area contributed by atoms with Crippen molar-refractivity contribution in [3.63, 3.8) is 0 Å². The molecule has 0 aliphatic rings. The fourth-order valence-corrected chi connectivity index (χ4v) is 4.88. The minimum absolute atomic E-state index is 0.0792. The third-order valence-corrected chi connectivity index (χ3v) is 6.71. The van der Waals surface area contributed by atoms with E-state index < -0.39 is 10.0 Å². The van der Waals surface area contributed by atoms with Crippen LogP contribution in [0.2, 0.25) is 0 Å². The van der Waals surface area contributed by atoms with Crippen molar-refractivity contribution in [1.29, 1.82) is 0 Å². The lowest BCUT2D eigenvalue weighted by Crippen LogP contribution is -2.15. The fourth-order valence-electron chi connectivity index (χ4n) is 2.54. The van der Waals surface area contributed by atoms with E-state index in [0.717, 1.165) is 8.96 Å². The maximum absolute atomic E-state index is 13.0. The summed E-state index contributed by atoms with van der Waals surface area (Å²) in [5, 5.41) is 6.89. The summed E-state index contributed by atoms with van der Waals surface area (Å²) in [6.07, 6.45) is 1.83. The topological polar surface area (TPSA) is 104 Å². The van der Waals surface area contributed by atoms with Crippen LogP contribution in [0.1, 0.15) is 0 Å². The van der Waals surface area contributed by atoms with Crippen LogP contribution in [-0.4, -0.2) is 33.8 Å². The van der Waals surface area contributed by atoms with E-state index in [4.69, 9.17) is 5.73 Å². The van der Waals surface area contributed by atoms with Gasteiger partial charge >= 0.3 is 0 Å². The second-order valence-electron chi connectivity index (χ2n) is 5.28. The Hall–Kier alpha value is -2.43. The van der Waals surface area contributed by atoms with E-state index in [9.17, 15) is 8.42 Å². The largest absolute Gasteiger partial charge is 0.382 e. The molecule has 0 saturated heterocycles. The molecule has 4 aromatic rings. The minimum atomic E-state index is -3.93. The standard InChI is InChI=1S/C16H13N5O2S3/c1-24-16-18-13(11-8-5-9-25-11)12-14(17)20-21(15(12)19-16)26(22,23)10-6-3-2-4-7-10/h2-9H,1H3,(H2,17,20). The van der Waals surface area contributed by atoms with Gasteiger partial charge in [0.05, 0.1) is 20.9 Å². The number of anilines is 1. The summed E-state index contributed by atoms with van der Waals surface area (Å²) >= 11 is 2.82. The summed E-state index contributed by atoms with van der Waals surface area (Å²) in [5.74, 6) is 0.0792. The molecule has 1 aromatic carbocycles. The lowest BCUT2D eigenvalue weighted by atomic mass is 10.2. The Morgan fingerprint density at radius 2 is 1.88 bits per heavy atom. The van der Waals surface area contributed by atoms with Crippen LogP contribution in [0.3, 0.4) is 0 Å². The van der Waals surface area contributed by atoms with Crippen molar-refractivity contribution in [1.82, 2.24) is 19.2 Å². The van der Waals surface area contributed by atoms with Gasteiger partial charge in [-0.2, -0.15) is 8.42 Å². The zero-order valence-corrected chi connectivity index (χ0v) is 16.0. The molecule has 0 radical (unpaired) electrons. The highest BCUT2D eigenvalue weighted by atomic mass is 32.2. The Labute approximate surface area is 158 Å². The van der Waals surface area contributed by atoms with Crippen molar-refractivity contribution in [2.45, 2.75) is 10.1 Å². The molecule has 0 amide bonds. The van der Waals surface area contributed by atoms with Gasteiger partial charge in [-0.1, -0.05) is 36.0 Å². The molecule has 0 aliphatic carbocycles. The molecule has 132 valence electrons. The van der Waals surface area contributed by atoms with E-state index in [1.165, 1.54) is 35.2 Å². The minimum Gasteiger partial charge on any atom is -0.382 e. The maximum atomic E-state index is 13.0. The number of rotatable bonds is 4. The molecule has 7 nitrogen and oxygen atoms in total. The van der Waals surface area contributed by atoms with Gasteiger partial charge in [0.1, 0.15) is 0 Å². The van der Waals surface area contributed by atoms with E-state index in [1.54, 1.807) is 18.2 Å². The second kappa shape index (κ2) is 6.38. The fraction of sp³-hybridized carbons (Fsp3) is 0.0625. The highest BCUT2D eigenvalue weighted by Gasteiger charge is 2.26. The van der Waals surface area contributed by atoms with E-state index in [1.807, 2.05) is 23.8 Å². The van der Waals surface area contributed by atoms with Gasteiger partial charge in [0.2, 0.25) is 0 Å². The number of hydrogen-bond donors (Lipinski definition) is 1. The lowest BCUT2D eigenvalue weighted by Gasteiger charge is -2.06. The van der Waals surface area contributed by atoms with E-state index in [0.29, 0.717) is 16.2 Å². The number of hydrogen-bond acceptors (Lipinski definition) is 8. The van der Waals surface area contributed by atoms with Crippen molar-refractivity contribution >= 4 is 50.0 Å². The zero-order chi connectivity index (χ0) is 18.3. The summed E-state index contributed by atoms with van der Waals surface area (Å²) in [6.45, 7) is 0. The summed E-state index contributed by atoms with van der Waals surface area (Å²) in [4.78, 5) is 9.89. The number of nitrogens with two attached hydrogens (primary N) is 1. The highest BCUT2D eigenvalue weighted by molar-refractivity contribution is 7.98. The van der Waals surface area contributed by atoms with Gasteiger partial charge in [0, 0.05) is 0 Å². The van der Waals surface area contributed by atoms with Crippen molar-refractivity contribution in [2.24, 2.45) is 0 Å². The molecule has 3 aromatic heterocycles. The number of benzene rings is 1. The monoisotopic (exact) mass is 403 g/mol. The first-order valence-electron chi connectivity index (χ1n) is 7.47. The van der Waals surface area contributed by atoms with Gasteiger partial charge in [-0.25, -0.2) is 9.97 Å². The van der Waals surface area contributed by atoms with Gasteiger partial charge < -0.3 is 5.73 Å². The van der Waals surface area contributed by atoms with E-state index in [2.05, 4.69) is 15.1 Å². The summed E-state index contributed by atoms with van der Waals surface area (Å²) < 4.78 is 27.0. The third kappa shape index (κ3) is 2.66. The van der Waals surface area contributed by atoms with Crippen LogP contribution in [0, 0.1) is 0 Å². The first kappa shape index (κ1) is 17.0. The molecule has 4 rings (SSSR count). The van der Waals surface area contributed by atoms with Crippen LogP contribution in [0.25, 0.3) is 21.6 Å². The van der Waals surface area contributed by atoms with Crippen LogP contribution in [0.5, 0.6) is 0 Å². The van der Waals surface area contributed by atoms with Gasteiger partial charge in [0.25, 0.3) is 10.0 Å². The van der Waals surface area contributed by atoms with Crippen molar-refractivity contribution in [3.8, 4) is 10.6 Å². The Bertz CT molecular complexity index is 1190. The Balaban J connectivity index is 2.06. The first-order chi connectivity index (χ1) is 12.5. The summed E-state index contributed by atoms with van der Waals surface area (Å²) in [6, 6.07) is 11.9. The van der Waals surface area contributed by atoms with Gasteiger partial charge in [-0.05, 0) is 29.8 Å². The molecule has 0 atom stereocenters. The molecule has 10 heteroatoms. The molecule has 0 aliphatic heterocycles. The highest BCUT2D eigenvalue weighted by Crippen LogP contribution is 2.35. The molecule has 0 fully saturated rings. The average molecular weight is 404 g/mol. The molecule has 0 unspecified atom stereocenters. The third-order valence-electron chi connectivity index (χ3n) is 3.71. The first-order valence-corrected chi connectivity index (χ1v) is 11.0. The van der Waals surface area contributed by atoms with Crippen molar-refractivity contribution in [3.05, 3.63) is 47.8 Å². The van der Waals surface area contributed by atoms with Crippen LogP contribution in [0.4, 0.5) is 5.82 Å². The molecular formula is C16H13N5O2S3. The number of nitrogen functional groups attached to an aromatic ring is 1. The Morgan fingerprint density at radius 3 is 2.54 bits per heavy atom. The number of fused-ring (bicyclic) bond motifs is 1. The van der Waals surface area contributed by atoms with Crippen LogP contribution >= 0.6 is 23.1 Å². The quantitative estimate of drug-likeness (QED) is 0.412. The molecule has 26 heavy (non-hydrogen) atoms. The Morgan fingerprint density at radius 1 is 1.12 bits per heavy atom. The van der Waals surface area contributed by atoms with Crippen LogP contribution in [-0.2, 0) is 10.0 Å². The summed E-state index contributed by atoms with van der Waals surface area (Å²) in [5.41, 5.74) is 6.83. The van der Waals surface area contributed by atoms with Gasteiger partial charge in [-0.15, -0.1) is 20.5 Å². The second-order valence-corrected chi connectivity index (χ2v) is 8.77. The Kier molecular flexibility index (Phi) is 4.17. The molecule has 0 bridgehead atoms. The maximum Gasteiger partial charge on any atom is 0.285 e. The zero-order valence-electron chi connectivity index (χ0n) is 13.5. The van der Waals surface area contributed by atoms with Gasteiger partial charge in [0.15, 0.2) is 16.6 Å². The molecule has 3 heterocycles. The van der Waals surface area contributed by atoms with Crippen LogP contribution < -0.4 is 5.73 Å². The predicted octanol–water partition coefficient (Wildman–Crippen LogP) is 3.10. The SMILES string of the molecule is CSc1nc(-c2cccs2)c2c(N)nn(S(=O)(=O)c3ccccc3)c2n1. The molecule has 0 spiro atoms. The summed E-state index contributed by atoms with van der Waals surface area (Å²) in [7, 11) is -3.93. The molecule has 2 N–H and O–H groups in total. The van der Waals surface area contributed by atoms with Crippen LogP contribution in [0.15, 0.2) is 57.9 Å². The van der Waals surface area contributed by atoms with Gasteiger partial charge in [-0.3, -0.25) is 0 Å². The van der Waals surface area contributed by atoms with Crippen molar-refractivity contribution in [2.75, 3.05) is 12.0 Å². The number of aromatic nitrogens is 4. The normalized spacial score (nSPS) is 11.9. The average Bonchev–Trinajstić information content (AvgIpc) is 3.30. The molecular weight excluding hydrogens is 390 g/mol. The van der Waals surface area contributed by atoms with Crippen molar-refractivity contribution < 1.29 is 8.42 Å². The number of nitrogens with zero attached hydrogens (tertiary/aromatic N) is 4. The lowest BCUT2D eigenvalue weighted by molar-refractivity contribution is 0.582. The smallest absolute Gasteiger partial charge is 0.285 e. The molecule has 0 saturated carbocycles.